The fraction of sp³-hybridized carbons (Fsp3) is 0.350. The minimum Gasteiger partial charge on any atom is -0.495 e. The number of carbonyl (C=O) groups is 1. The van der Waals surface area contributed by atoms with E-state index in [0.29, 0.717) is 12.1 Å². The van der Waals surface area contributed by atoms with Crippen LogP contribution in [-0.4, -0.2) is 57.2 Å². The highest BCUT2D eigenvalue weighted by atomic mass is 35.5. The highest BCUT2D eigenvalue weighted by Gasteiger charge is 2.19. The summed E-state index contributed by atoms with van der Waals surface area (Å²) in [7, 11) is 1.69. The van der Waals surface area contributed by atoms with Gasteiger partial charge in [0.25, 0.3) is 5.91 Å². The van der Waals surface area contributed by atoms with Crippen molar-refractivity contribution in [2.75, 3.05) is 51.3 Å². The third kappa shape index (κ3) is 4.90. The minimum atomic E-state index is -0.454. The summed E-state index contributed by atoms with van der Waals surface area (Å²) in [4.78, 5) is 16.8. The van der Waals surface area contributed by atoms with E-state index in [-0.39, 0.29) is 10.9 Å². The molecule has 27 heavy (non-hydrogen) atoms. The number of amides is 1. The average molecular weight is 392 g/mol. The van der Waals surface area contributed by atoms with E-state index in [0.717, 1.165) is 50.2 Å². The van der Waals surface area contributed by atoms with Gasteiger partial charge in [0, 0.05) is 39.3 Å². The molecule has 1 saturated heterocycles. The molecule has 0 aromatic heterocycles. The molecule has 0 saturated carbocycles. The molecule has 3 rings (SSSR count). The molecule has 0 aliphatic carbocycles. The summed E-state index contributed by atoms with van der Waals surface area (Å²) < 4.78 is 18.5. The molecule has 0 unspecified atom stereocenters. The van der Waals surface area contributed by atoms with Crippen molar-refractivity contribution in [2.24, 2.45) is 0 Å². The Bertz CT molecular complexity index is 795. The van der Waals surface area contributed by atoms with Crippen LogP contribution in [0.4, 0.5) is 10.1 Å². The fourth-order valence-electron chi connectivity index (χ4n) is 3.20. The number of nitrogens with one attached hydrogen (secondary N) is 1. The predicted octanol–water partition coefficient (Wildman–Crippen LogP) is 3.04. The lowest BCUT2D eigenvalue weighted by Crippen LogP contribution is -2.48. The van der Waals surface area contributed by atoms with Crippen LogP contribution >= 0.6 is 11.6 Å². The molecule has 2 aromatic carbocycles. The second-order valence-electron chi connectivity index (χ2n) is 6.38. The number of carbonyl (C=O) groups excluding carboxylic acids is 1. The van der Waals surface area contributed by atoms with Crippen LogP contribution in [0.25, 0.3) is 0 Å². The van der Waals surface area contributed by atoms with Gasteiger partial charge in [-0.15, -0.1) is 0 Å². The Morgan fingerprint density at radius 3 is 2.63 bits per heavy atom. The summed E-state index contributed by atoms with van der Waals surface area (Å²) in [6, 6.07) is 11.8. The van der Waals surface area contributed by atoms with Crippen molar-refractivity contribution >= 4 is 23.2 Å². The SMILES string of the molecule is COc1ccccc1N1CCN(CCNC(=O)c2ccc(F)cc2Cl)CC1. The number of halogens is 2. The van der Waals surface area contributed by atoms with Crippen molar-refractivity contribution in [1.29, 1.82) is 0 Å². The van der Waals surface area contributed by atoms with Gasteiger partial charge in [-0.05, 0) is 30.3 Å². The standard InChI is InChI=1S/C20H23ClFN3O2/c1-27-19-5-3-2-4-18(19)25-12-10-24(11-13-25)9-8-23-20(26)16-7-6-15(22)14-17(16)21/h2-7,14H,8-13H2,1H3,(H,23,26). The molecule has 1 heterocycles. The predicted molar refractivity (Wildman–Crippen MR) is 105 cm³/mol. The highest BCUT2D eigenvalue weighted by molar-refractivity contribution is 6.33. The molecule has 0 radical (unpaired) electrons. The van der Waals surface area contributed by atoms with E-state index in [9.17, 15) is 9.18 Å². The number of anilines is 1. The zero-order valence-electron chi connectivity index (χ0n) is 15.3. The summed E-state index contributed by atoms with van der Waals surface area (Å²) in [6.07, 6.45) is 0. The van der Waals surface area contributed by atoms with Crippen LogP contribution < -0.4 is 15.0 Å². The van der Waals surface area contributed by atoms with Crippen LogP contribution in [0.5, 0.6) is 5.75 Å². The normalized spacial score (nSPS) is 14.9. The number of hydrogen-bond acceptors (Lipinski definition) is 4. The van der Waals surface area contributed by atoms with Crippen LogP contribution in [0, 0.1) is 5.82 Å². The molecule has 1 aliphatic rings. The maximum atomic E-state index is 13.1. The van der Waals surface area contributed by atoms with E-state index in [4.69, 9.17) is 16.3 Å². The topological polar surface area (TPSA) is 44.8 Å². The van der Waals surface area contributed by atoms with E-state index < -0.39 is 5.82 Å². The molecule has 2 aromatic rings. The van der Waals surface area contributed by atoms with E-state index in [2.05, 4.69) is 21.2 Å². The zero-order chi connectivity index (χ0) is 19.2. The molecule has 0 atom stereocenters. The first-order valence-corrected chi connectivity index (χ1v) is 9.30. The first-order valence-electron chi connectivity index (χ1n) is 8.92. The Balaban J connectivity index is 1.45. The maximum Gasteiger partial charge on any atom is 0.252 e. The third-order valence-corrected chi connectivity index (χ3v) is 5.00. The largest absolute Gasteiger partial charge is 0.495 e. The van der Waals surface area contributed by atoms with Gasteiger partial charge in [-0.1, -0.05) is 23.7 Å². The Labute approximate surface area is 163 Å². The molecule has 0 bridgehead atoms. The van der Waals surface area contributed by atoms with E-state index in [1.807, 2.05) is 18.2 Å². The van der Waals surface area contributed by atoms with E-state index in [1.165, 1.54) is 12.1 Å². The minimum absolute atomic E-state index is 0.123. The molecule has 7 heteroatoms. The number of rotatable bonds is 6. The zero-order valence-corrected chi connectivity index (χ0v) is 16.0. The second-order valence-corrected chi connectivity index (χ2v) is 6.79. The third-order valence-electron chi connectivity index (χ3n) is 4.69. The van der Waals surface area contributed by atoms with Crippen LogP contribution in [0.3, 0.4) is 0 Å². The maximum absolute atomic E-state index is 13.1. The molecule has 144 valence electrons. The first kappa shape index (κ1) is 19.5. The van der Waals surface area contributed by atoms with E-state index >= 15 is 0 Å². The van der Waals surface area contributed by atoms with Gasteiger partial charge >= 0.3 is 0 Å². The molecule has 1 fully saturated rings. The number of nitrogens with zero attached hydrogens (tertiary/aromatic N) is 2. The smallest absolute Gasteiger partial charge is 0.252 e. The molecule has 1 amide bonds. The summed E-state index contributed by atoms with van der Waals surface area (Å²) in [5.41, 5.74) is 1.40. The van der Waals surface area contributed by atoms with E-state index in [1.54, 1.807) is 7.11 Å². The van der Waals surface area contributed by atoms with Gasteiger partial charge in [0.1, 0.15) is 11.6 Å². The van der Waals surface area contributed by atoms with Gasteiger partial charge in [-0.2, -0.15) is 0 Å². The van der Waals surface area contributed by atoms with Crippen molar-refractivity contribution in [1.82, 2.24) is 10.2 Å². The lowest BCUT2D eigenvalue weighted by molar-refractivity contribution is 0.0948. The monoisotopic (exact) mass is 391 g/mol. The number of benzene rings is 2. The van der Waals surface area contributed by atoms with Crippen LogP contribution in [0.2, 0.25) is 5.02 Å². The van der Waals surface area contributed by atoms with Crippen molar-refractivity contribution in [3.63, 3.8) is 0 Å². The van der Waals surface area contributed by atoms with Gasteiger partial charge < -0.3 is 15.0 Å². The number of piperazine rings is 1. The first-order chi connectivity index (χ1) is 13.1. The number of ether oxygens (including phenoxy) is 1. The highest BCUT2D eigenvalue weighted by Crippen LogP contribution is 2.28. The van der Waals surface area contributed by atoms with Crippen molar-refractivity contribution in [3.8, 4) is 5.75 Å². The molecule has 5 nitrogen and oxygen atoms in total. The van der Waals surface area contributed by atoms with Gasteiger partial charge in [0.15, 0.2) is 0 Å². The van der Waals surface area contributed by atoms with Crippen LogP contribution in [0.15, 0.2) is 42.5 Å². The van der Waals surface area contributed by atoms with Gasteiger partial charge in [0.2, 0.25) is 0 Å². The molecule has 1 N–H and O–H groups in total. The van der Waals surface area contributed by atoms with Gasteiger partial charge in [-0.3, -0.25) is 9.69 Å². The Hall–Kier alpha value is -2.31. The lowest BCUT2D eigenvalue weighted by Gasteiger charge is -2.36. The second kappa shape index (κ2) is 9.06. The molecular formula is C20H23ClFN3O2. The quantitative estimate of drug-likeness (QED) is 0.822. The number of methoxy groups -OCH3 is 1. The summed E-state index contributed by atoms with van der Waals surface area (Å²) in [6.45, 7) is 4.89. The number of hydrogen-bond donors (Lipinski definition) is 1. The Morgan fingerprint density at radius 2 is 1.93 bits per heavy atom. The lowest BCUT2D eigenvalue weighted by atomic mass is 10.2. The molecule has 1 aliphatic heterocycles. The van der Waals surface area contributed by atoms with Crippen molar-refractivity contribution in [3.05, 3.63) is 58.9 Å². The van der Waals surface area contributed by atoms with Crippen molar-refractivity contribution < 1.29 is 13.9 Å². The molecular weight excluding hydrogens is 369 g/mol. The van der Waals surface area contributed by atoms with Crippen molar-refractivity contribution in [2.45, 2.75) is 0 Å². The summed E-state index contributed by atoms with van der Waals surface area (Å²) >= 11 is 5.92. The summed E-state index contributed by atoms with van der Waals surface area (Å²) in [5, 5.41) is 2.97. The summed E-state index contributed by atoms with van der Waals surface area (Å²) in [5.74, 6) is 0.145. The van der Waals surface area contributed by atoms with Crippen LogP contribution in [-0.2, 0) is 0 Å². The molecule has 0 spiro atoms. The fourth-order valence-corrected chi connectivity index (χ4v) is 3.45. The average Bonchev–Trinajstić information content (AvgIpc) is 2.68. The van der Waals surface area contributed by atoms with Crippen LogP contribution in [0.1, 0.15) is 10.4 Å². The van der Waals surface area contributed by atoms with Gasteiger partial charge in [0.05, 0.1) is 23.4 Å². The van der Waals surface area contributed by atoms with Gasteiger partial charge in [-0.25, -0.2) is 4.39 Å². The Morgan fingerprint density at radius 1 is 1.19 bits per heavy atom. The Kier molecular flexibility index (Phi) is 6.53. The number of para-hydroxylation sites is 2.